The number of amides is 1. The molecule has 1 amide bonds. The third-order valence-corrected chi connectivity index (χ3v) is 4.45. The molecule has 1 aromatic carbocycles. The molecule has 21 heavy (non-hydrogen) atoms. The van der Waals surface area contributed by atoms with Gasteiger partial charge in [-0.2, -0.15) is 0 Å². The molecule has 2 N–H and O–H groups in total. The number of rotatable bonds is 2. The average Bonchev–Trinajstić information content (AvgIpc) is 2.81. The maximum absolute atomic E-state index is 12.5. The predicted octanol–water partition coefficient (Wildman–Crippen LogP) is 2.92. The standard InChI is InChI=1S/C17H22N2O2/c1-10-6-4-7-13-11(2)16(21-15(10)13)17(20)19-14-8-5-9-18-12(14)3/h4,6-7,12,14,18H,5,8-9H2,1-3H3,(H,19,20). The van der Waals surface area contributed by atoms with Gasteiger partial charge in [0.1, 0.15) is 5.58 Å². The number of piperidine rings is 1. The number of fused-ring (bicyclic) bond motifs is 1. The lowest BCUT2D eigenvalue weighted by atomic mass is 9.99. The first-order valence-electron chi connectivity index (χ1n) is 7.61. The average molecular weight is 286 g/mol. The van der Waals surface area contributed by atoms with Crippen molar-refractivity contribution >= 4 is 16.9 Å². The minimum Gasteiger partial charge on any atom is -0.450 e. The van der Waals surface area contributed by atoms with E-state index in [1.54, 1.807) is 0 Å². The van der Waals surface area contributed by atoms with Crippen LogP contribution in [0.15, 0.2) is 22.6 Å². The Bertz CT molecular complexity index is 675. The number of para-hydroxylation sites is 1. The highest BCUT2D eigenvalue weighted by molar-refractivity contribution is 5.99. The molecule has 1 aliphatic heterocycles. The molecule has 0 aliphatic carbocycles. The monoisotopic (exact) mass is 286 g/mol. The smallest absolute Gasteiger partial charge is 0.287 e. The molecular weight excluding hydrogens is 264 g/mol. The first-order valence-corrected chi connectivity index (χ1v) is 7.61. The van der Waals surface area contributed by atoms with Gasteiger partial charge in [-0.1, -0.05) is 18.2 Å². The van der Waals surface area contributed by atoms with Crippen LogP contribution in [0.2, 0.25) is 0 Å². The molecule has 2 heterocycles. The fraction of sp³-hybridized carbons (Fsp3) is 0.471. The lowest BCUT2D eigenvalue weighted by Crippen LogP contribution is -2.51. The highest BCUT2D eigenvalue weighted by Gasteiger charge is 2.25. The quantitative estimate of drug-likeness (QED) is 0.892. The second-order valence-corrected chi connectivity index (χ2v) is 5.97. The summed E-state index contributed by atoms with van der Waals surface area (Å²) >= 11 is 0. The second kappa shape index (κ2) is 5.53. The minimum atomic E-state index is -0.108. The molecule has 4 heteroatoms. The van der Waals surface area contributed by atoms with Gasteiger partial charge in [-0.3, -0.25) is 4.79 Å². The van der Waals surface area contributed by atoms with Crippen molar-refractivity contribution in [3.63, 3.8) is 0 Å². The highest BCUT2D eigenvalue weighted by Crippen LogP contribution is 2.27. The number of aryl methyl sites for hydroxylation is 2. The van der Waals surface area contributed by atoms with Gasteiger partial charge in [-0.15, -0.1) is 0 Å². The van der Waals surface area contributed by atoms with E-state index >= 15 is 0 Å². The largest absolute Gasteiger partial charge is 0.450 e. The molecule has 1 saturated heterocycles. The molecule has 0 radical (unpaired) electrons. The van der Waals surface area contributed by atoms with Gasteiger partial charge in [0.25, 0.3) is 5.91 Å². The fourth-order valence-corrected chi connectivity index (χ4v) is 3.08. The molecule has 2 unspecified atom stereocenters. The SMILES string of the molecule is Cc1c(C(=O)NC2CCCNC2C)oc2c(C)cccc12. The van der Waals surface area contributed by atoms with E-state index in [9.17, 15) is 4.79 Å². The zero-order chi connectivity index (χ0) is 15.0. The van der Waals surface area contributed by atoms with Crippen molar-refractivity contribution in [2.24, 2.45) is 0 Å². The van der Waals surface area contributed by atoms with Crippen molar-refractivity contribution in [1.82, 2.24) is 10.6 Å². The zero-order valence-electron chi connectivity index (χ0n) is 12.8. The van der Waals surface area contributed by atoms with Crippen molar-refractivity contribution in [2.75, 3.05) is 6.54 Å². The molecule has 1 aliphatic rings. The van der Waals surface area contributed by atoms with Gasteiger partial charge < -0.3 is 15.1 Å². The summed E-state index contributed by atoms with van der Waals surface area (Å²) in [6.45, 7) is 7.08. The first kappa shape index (κ1) is 14.1. The number of hydrogen-bond acceptors (Lipinski definition) is 3. The molecule has 112 valence electrons. The number of benzene rings is 1. The maximum atomic E-state index is 12.5. The van der Waals surface area contributed by atoms with Crippen molar-refractivity contribution in [2.45, 2.75) is 45.7 Å². The van der Waals surface area contributed by atoms with Crippen molar-refractivity contribution in [1.29, 1.82) is 0 Å². The van der Waals surface area contributed by atoms with Gasteiger partial charge in [0.05, 0.1) is 0 Å². The summed E-state index contributed by atoms with van der Waals surface area (Å²) in [7, 11) is 0. The molecular formula is C17H22N2O2. The molecule has 0 bridgehead atoms. The van der Waals surface area contributed by atoms with E-state index in [-0.39, 0.29) is 11.9 Å². The first-order chi connectivity index (χ1) is 10.1. The zero-order valence-corrected chi connectivity index (χ0v) is 12.8. The van der Waals surface area contributed by atoms with Crippen LogP contribution in [0.5, 0.6) is 0 Å². The number of nitrogens with one attached hydrogen (secondary N) is 2. The van der Waals surface area contributed by atoms with Crippen molar-refractivity contribution in [3.05, 3.63) is 35.1 Å². The van der Waals surface area contributed by atoms with Gasteiger partial charge in [0.15, 0.2) is 5.76 Å². The van der Waals surface area contributed by atoms with E-state index in [1.807, 2.05) is 32.0 Å². The highest BCUT2D eigenvalue weighted by atomic mass is 16.3. The van der Waals surface area contributed by atoms with Crippen LogP contribution in [-0.2, 0) is 0 Å². The van der Waals surface area contributed by atoms with Crippen LogP contribution in [0.3, 0.4) is 0 Å². The van der Waals surface area contributed by atoms with Crippen LogP contribution in [-0.4, -0.2) is 24.5 Å². The van der Waals surface area contributed by atoms with Crippen LogP contribution in [0.25, 0.3) is 11.0 Å². The summed E-state index contributed by atoms with van der Waals surface area (Å²) in [4.78, 5) is 12.5. The van der Waals surface area contributed by atoms with Crippen molar-refractivity contribution < 1.29 is 9.21 Å². The Labute approximate surface area is 124 Å². The number of furan rings is 1. The molecule has 0 spiro atoms. The summed E-state index contributed by atoms with van der Waals surface area (Å²) in [5, 5.41) is 7.53. The summed E-state index contributed by atoms with van der Waals surface area (Å²) in [6.07, 6.45) is 2.10. The maximum Gasteiger partial charge on any atom is 0.287 e. The van der Waals surface area contributed by atoms with E-state index < -0.39 is 0 Å². The molecule has 1 aromatic heterocycles. The normalized spacial score (nSPS) is 22.4. The topological polar surface area (TPSA) is 54.3 Å². The van der Waals surface area contributed by atoms with Gasteiger partial charge >= 0.3 is 0 Å². The molecule has 4 nitrogen and oxygen atoms in total. The van der Waals surface area contributed by atoms with Crippen LogP contribution in [0.1, 0.15) is 41.4 Å². The third kappa shape index (κ3) is 2.56. The lowest BCUT2D eigenvalue weighted by molar-refractivity contribution is 0.0893. The Morgan fingerprint density at radius 2 is 2.19 bits per heavy atom. The summed E-state index contributed by atoms with van der Waals surface area (Å²) in [6, 6.07) is 6.46. The van der Waals surface area contributed by atoms with Gasteiger partial charge in [0, 0.05) is 23.0 Å². The number of carbonyl (C=O) groups is 1. The van der Waals surface area contributed by atoms with E-state index in [2.05, 4.69) is 17.6 Å². The molecule has 1 fully saturated rings. The van der Waals surface area contributed by atoms with E-state index in [4.69, 9.17) is 4.42 Å². The van der Waals surface area contributed by atoms with Crippen LogP contribution < -0.4 is 10.6 Å². The molecule has 3 rings (SSSR count). The van der Waals surface area contributed by atoms with Crippen molar-refractivity contribution in [3.8, 4) is 0 Å². The summed E-state index contributed by atoms with van der Waals surface area (Å²) < 4.78 is 5.84. The Balaban J connectivity index is 1.88. The summed E-state index contributed by atoms with van der Waals surface area (Å²) in [5.41, 5.74) is 2.79. The Morgan fingerprint density at radius 3 is 2.90 bits per heavy atom. The third-order valence-electron chi connectivity index (χ3n) is 4.45. The van der Waals surface area contributed by atoms with E-state index in [1.165, 1.54) is 0 Å². The Morgan fingerprint density at radius 1 is 1.38 bits per heavy atom. The number of carbonyl (C=O) groups excluding carboxylic acids is 1. The molecule has 2 aromatic rings. The van der Waals surface area contributed by atoms with Crippen LogP contribution in [0.4, 0.5) is 0 Å². The van der Waals surface area contributed by atoms with Gasteiger partial charge in [-0.25, -0.2) is 0 Å². The van der Waals surface area contributed by atoms with Crippen LogP contribution >= 0.6 is 0 Å². The molecule has 2 atom stereocenters. The van der Waals surface area contributed by atoms with Gasteiger partial charge in [0.2, 0.25) is 0 Å². The van der Waals surface area contributed by atoms with E-state index in [0.29, 0.717) is 11.8 Å². The fourth-order valence-electron chi connectivity index (χ4n) is 3.08. The van der Waals surface area contributed by atoms with Crippen LogP contribution in [0, 0.1) is 13.8 Å². The Kier molecular flexibility index (Phi) is 3.72. The van der Waals surface area contributed by atoms with E-state index in [0.717, 1.165) is 41.5 Å². The van der Waals surface area contributed by atoms with Gasteiger partial charge in [-0.05, 0) is 45.7 Å². The minimum absolute atomic E-state index is 0.108. The number of hydrogen-bond donors (Lipinski definition) is 2. The Hall–Kier alpha value is -1.81. The predicted molar refractivity (Wildman–Crippen MR) is 83.6 cm³/mol. The second-order valence-electron chi connectivity index (χ2n) is 5.97. The lowest BCUT2D eigenvalue weighted by Gasteiger charge is -2.30. The molecule has 0 saturated carbocycles. The summed E-state index contributed by atoms with van der Waals surface area (Å²) in [5.74, 6) is 0.334.